The first-order valence-electron chi connectivity index (χ1n) is 6.94. The van der Waals surface area contributed by atoms with E-state index in [0.717, 1.165) is 12.8 Å². The molecule has 4 nitrogen and oxygen atoms in total. The summed E-state index contributed by atoms with van der Waals surface area (Å²) >= 11 is 0. The van der Waals surface area contributed by atoms with Gasteiger partial charge in [-0.2, -0.15) is 0 Å². The molecule has 0 bridgehead atoms. The van der Waals surface area contributed by atoms with E-state index in [1.165, 1.54) is 4.90 Å². The fourth-order valence-corrected chi connectivity index (χ4v) is 2.33. The van der Waals surface area contributed by atoms with Crippen molar-refractivity contribution in [3.63, 3.8) is 0 Å². The fourth-order valence-electron chi connectivity index (χ4n) is 2.33. The number of nitrogens with zero attached hydrogens (tertiary/aromatic N) is 1. The minimum absolute atomic E-state index is 0.0391. The number of rotatable bonds is 6. The summed E-state index contributed by atoms with van der Waals surface area (Å²) in [5, 5.41) is 3.29. The van der Waals surface area contributed by atoms with Crippen LogP contribution in [0, 0.1) is 5.92 Å². The lowest BCUT2D eigenvalue weighted by atomic mass is 10.0. The van der Waals surface area contributed by atoms with Gasteiger partial charge in [0.1, 0.15) is 0 Å². The van der Waals surface area contributed by atoms with E-state index in [-0.39, 0.29) is 29.9 Å². The summed E-state index contributed by atoms with van der Waals surface area (Å²) in [6.07, 6.45) is 2.48. The fraction of sp³-hybridized carbons (Fsp3) is 0.857. The topological polar surface area (TPSA) is 49.4 Å². The molecule has 104 valence electrons. The second kappa shape index (κ2) is 6.32. The van der Waals surface area contributed by atoms with Crippen molar-refractivity contribution >= 4 is 11.8 Å². The van der Waals surface area contributed by atoms with Crippen LogP contribution in [0.1, 0.15) is 53.9 Å². The third-order valence-electron chi connectivity index (χ3n) is 3.36. The molecule has 0 radical (unpaired) electrons. The molecule has 0 saturated carbocycles. The number of carbonyl (C=O) groups is 2. The second-order valence-electron chi connectivity index (χ2n) is 5.99. The van der Waals surface area contributed by atoms with Crippen molar-refractivity contribution in [2.45, 2.75) is 72.0 Å². The predicted molar refractivity (Wildman–Crippen MR) is 72.1 cm³/mol. The highest BCUT2D eigenvalue weighted by atomic mass is 16.2. The molecule has 1 saturated heterocycles. The lowest BCUT2D eigenvalue weighted by Crippen LogP contribution is -2.44. The van der Waals surface area contributed by atoms with Gasteiger partial charge in [-0.1, -0.05) is 13.8 Å². The minimum atomic E-state index is -0.318. The molecular formula is C14H26N2O2. The lowest BCUT2D eigenvalue weighted by Gasteiger charge is -2.21. The van der Waals surface area contributed by atoms with Gasteiger partial charge in [-0.15, -0.1) is 0 Å². The zero-order valence-corrected chi connectivity index (χ0v) is 12.2. The average Bonchev–Trinajstić information content (AvgIpc) is 2.51. The van der Waals surface area contributed by atoms with Crippen molar-refractivity contribution in [1.82, 2.24) is 10.2 Å². The molecule has 1 aliphatic rings. The monoisotopic (exact) mass is 254 g/mol. The van der Waals surface area contributed by atoms with Gasteiger partial charge in [0.2, 0.25) is 11.8 Å². The maximum Gasteiger partial charge on any atom is 0.247 e. The molecule has 0 aromatic heterocycles. The molecule has 1 heterocycles. The smallest absolute Gasteiger partial charge is 0.247 e. The van der Waals surface area contributed by atoms with Gasteiger partial charge in [-0.3, -0.25) is 14.5 Å². The van der Waals surface area contributed by atoms with Gasteiger partial charge in [0.15, 0.2) is 0 Å². The van der Waals surface area contributed by atoms with E-state index in [4.69, 9.17) is 0 Å². The number of likely N-dealkylation sites (tertiary alicyclic amines) is 1. The highest BCUT2D eigenvalue weighted by Crippen LogP contribution is 2.17. The molecule has 0 aliphatic carbocycles. The first-order chi connectivity index (χ1) is 8.32. The zero-order valence-electron chi connectivity index (χ0n) is 12.2. The summed E-state index contributed by atoms with van der Waals surface area (Å²) in [4.78, 5) is 25.2. The summed E-state index contributed by atoms with van der Waals surface area (Å²) in [6.45, 7) is 10.2. The molecule has 2 atom stereocenters. The minimum Gasteiger partial charge on any atom is -0.303 e. The standard InChI is InChI=1S/C14H26N2O2/c1-9(2)6-7-11(5)15-12-8-13(17)16(10(3)4)14(12)18/h9-12,15H,6-8H2,1-5H3. The van der Waals surface area contributed by atoms with Gasteiger partial charge < -0.3 is 5.32 Å². The first-order valence-corrected chi connectivity index (χ1v) is 6.94. The van der Waals surface area contributed by atoms with Crippen LogP contribution < -0.4 is 5.32 Å². The summed E-state index contributed by atoms with van der Waals surface area (Å²) < 4.78 is 0. The van der Waals surface area contributed by atoms with Crippen molar-refractivity contribution in [1.29, 1.82) is 0 Å². The Balaban J connectivity index is 2.49. The lowest BCUT2D eigenvalue weighted by molar-refractivity contribution is -0.140. The highest BCUT2D eigenvalue weighted by molar-refractivity contribution is 6.05. The summed E-state index contributed by atoms with van der Waals surface area (Å²) in [5.41, 5.74) is 0. The molecule has 1 rings (SSSR count). The van der Waals surface area contributed by atoms with Crippen LogP contribution in [0.25, 0.3) is 0 Å². The van der Waals surface area contributed by atoms with Crippen molar-refractivity contribution in [3.8, 4) is 0 Å². The van der Waals surface area contributed by atoms with E-state index < -0.39 is 0 Å². The third kappa shape index (κ3) is 3.80. The Morgan fingerprint density at radius 3 is 2.22 bits per heavy atom. The highest BCUT2D eigenvalue weighted by Gasteiger charge is 2.40. The van der Waals surface area contributed by atoms with Gasteiger partial charge in [0.05, 0.1) is 12.5 Å². The second-order valence-corrected chi connectivity index (χ2v) is 5.99. The number of hydrogen-bond donors (Lipinski definition) is 1. The molecular weight excluding hydrogens is 228 g/mol. The SMILES string of the molecule is CC(C)CCC(C)NC1CC(=O)N(C(C)C)C1=O. The number of carbonyl (C=O) groups excluding carboxylic acids is 2. The van der Waals surface area contributed by atoms with Crippen molar-refractivity contribution in [2.75, 3.05) is 0 Å². The molecule has 4 heteroatoms. The Bertz CT molecular complexity index is 313. The molecule has 1 fully saturated rings. The Kier molecular flexibility index (Phi) is 5.32. The molecule has 0 spiro atoms. The van der Waals surface area contributed by atoms with Crippen LogP contribution in [0.5, 0.6) is 0 Å². The van der Waals surface area contributed by atoms with Crippen LogP contribution in [0.2, 0.25) is 0 Å². The number of nitrogens with one attached hydrogen (secondary N) is 1. The van der Waals surface area contributed by atoms with Crippen LogP contribution in [0.3, 0.4) is 0 Å². The molecule has 1 aliphatic heterocycles. The molecule has 18 heavy (non-hydrogen) atoms. The van der Waals surface area contributed by atoms with E-state index in [1.54, 1.807) is 0 Å². The predicted octanol–water partition coefficient (Wildman–Crippen LogP) is 1.94. The zero-order chi connectivity index (χ0) is 13.9. The Hall–Kier alpha value is -0.900. The summed E-state index contributed by atoms with van der Waals surface area (Å²) in [6, 6.07) is -0.0777. The number of amides is 2. The van der Waals surface area contributed by atoms with Gasteiger partial charge in [-0.25, -0.2) is 0 Å². The Labute approximate surface area is 110 Å². The molecule has 2 unspecified atom stereocenters. The molecule has 0 aromatic carbocycles. The molecule has 0 aromatic rings. The van der Waals surface area contributed by atoms with Crippen LogP contribution in [0.4, 0.5) is 0 Å². The van der Waals surface area contributed by atoms with E-state index >= 15 is 0 Å². The van der Waals surface area contributed by atoms with Crippen LogP contribution in [-0.2, 0) is 9.59 Å². The van der Waals surface area contributed by atoms with E-state index in [0.29, 0.717) is 12.3 Å². The normalized spacial score (nSPS) is 22.4. The van der Waals surface area contributed by atoms with Gasteiger partial charge in [0, 0.05) is 12.1 Å². The Morgan fingerprint density at radius 1 is 1.17 bits per heavy atom. The number of imide groups is 1. The molecule has 2 amide bonds. The van der Waals surface area contributed by atoms with Crippen LogP contribution in [0.15, 0.2) is 0 Å². The number of hydrogen-bond acceptors (Lipinski definition) is 3. The third-order valence-corrected chi connectivity index (χ3v) is 3.36. The quantitative estimate of drug-likeness (QED) is 0.737. The van der Waals surface area contributed by atoms with Gasteiger partial charge in [0.25, 0.3) is 0 Å². The average molecular weight is 254 g/mol. The van der Waals surface area contributed by atoms with Gasteiger partial charge >= 0.3 is 0 Å². The van der Waals surface area contributed by atoms with E-state index in [1.807, 2.05) is 13.8 Å². The Morgan fingerprint density at radius 2 is 1.78 bits per heavy atom. The first kappa shape index (κ1) is 15.2. The van der Waals surface area contributed by atoms with Crippen molar-refractivity contribution in [2.24, 2.45) is 5.92 Å². The largest absolute Gasteiger partial charge is 0.303 e. The van der Waals surface area contributed by atoms with Crippen molar-refractivity contribution in [3.05, 3.63) is 0 Å². The molecule has 1 N–H and O–H groups in total. The van der Waals surface area contributed by atoms with Gasteiger partial charge in [-0.05, 0) is 39.5 Å². The van der Waals surface area contributed by atoms with E-state index in [2.05, 4.69) is 26.1 Å². The van der Waals surface area contributed by atoms with Crippen LogP contribution in [-0.4, -0.2) is 34.8 Å². The van der Waals surface area contributed by atoms with E-state index in [9.17, 15) is 9.59 Å². The van der Waals surface area contributed by atoms with Crippen LogP contribution >= 0.6 is 0 Å². The maximum absolute atomic E-state index is 12.1. The van der Waals surface area contributed by atoms with Crippen molar-refractivity contribution < 1.29 is 9.59 Å². The summed E-state index contributed by atoms with van der Waals surface area (Å²) in [5.74, 6) is 0.553. The summed E-state index contributed by atoms with van der Waals surface area (Å²) in [7, 11) is 0. The maximum atomic E-state index is 12.1.